The molecule has 452 valence electrons. The molecular formula is C86H50N8O3. The van der Waals surface area contributed by atoms with Gasteiger partial charge in [0.05, 0.1) is 33.1 Å². The van der Waals surface area contributed by atoms with Crippen molar-refractivity contribution in [1.29, 1.82) is 0 Å². The van der Waals surface area contributed by atoms with Crippen molar-refractivity contribution in [2.75, 3.05) is 4.90 Å². The number of benzene rings is 13. The number of aromatic nitrogens is 7. The van der Waals surface area contributed by atoms with Gasteiger partial charge in [-0.25, -0.2) is 19.9 Å². The van der Waals surface area contributed by atoms with E-state index in [0.717, 1.165) is 166 Å². The van der Waals surface area contributed by atoms with Crippen LogP contribution in [0.2, 0.25) is 0 Å². The van der Waals surface area contributed by atoms with E-state index in [1.54, 1.807) is 12.7 Å². The van der Waals surface area contributed by atoms with Gasteiger partial charge in [0, 0.05) is 76.6 Å². The summed E-state index contributed by atoms with van der Waals surface area (Å²) in [6.45, 7) is 0. The molecule has 8 heterocycles. The number of nitrogens with zero attached hydrogens (tertiary/aromatic N) is 8. The fourth-order valence-electron chi connectivity index (χ4n) is 15.3. The first-order valence-electron chi connectivity index (χ1n) is 32.5. The molecule has 0 radical (unpaired) electrons. The molecular weight excluding hydrogens is 1190 g/mol. The van der Waals surface area contributed by atoms with Crippen LogP contribution in [0.3, 0.4) is 0 Å². The van der Waals surface area contributed by atoms with Crippen LogP contribution in [0.5, 0.6) is 0 Å². The zero-order valence-corrected chi connectivity index (χ0v) is 51.7. The standard InChI is InChI=1S/C86H50N8O3/c1-3-17-57(18-4-1)91(59-21-15-16-51(42-59)52-32-38-74-66(43-52)61-22-7-11-26-71(61)93(74)85-83-81(87-49-89-85)64-24-9-13-28-77(64)96-83)60-35-41-80-70(48-60)69-46-55(34-40-79(69)95-80)56-30-36-63-68-45-53(31-37-73(68)92(76(63)47-56)58-19-5-2-6-20-58)54-33-39-75-67(44-54)62-23-8-12-27-72(62)94(75)86-84-82(88-50-90-86)65-25-10-14-29-78(65)97-84/h1-50H. The number of furan rings is 3. The maximum atomic E-state index is 6.68. The molecule has 0 N–H and O–H groups in total. The lowest BCUT2D eigenvalue weighted by Crippen LogP contribution is -2.09. The van der Waals surface area contributed by atoms with Gasteiger partial charge in [-0.2, -0.15) is 0 Å². The predicted molar refractivity (Wildman–Crippen MR) is 393 cm³/mol. The van der Waals surface area contributed by atoms with Gasteiger partial charge >= 0.3 is 0 Å². The highest BCUT2D eigenvalue weighted by molar-refractivity contribution is 6.16. The Bertz CT molecular complexity index is 6850. The molecule has 0 atom stereocenters. The molecule has 0 saturated carbocycles. The van der Waals surface area contributed by atoms with E-state index in [1.165, 1.54) is 10.8 Å². The summed E-state index contributed by atoms with van der Waals surface area (Å²) in [5, 5.41) is 10.8. The molecule has 0 spiro atoms. The number of hydrogen-bond donors (Lipinski definition) is 0. The molecule has 97 heavy (non-hydrogen) atoms. The SMILES string of the molecule is c1ccc(N(c2cccc(-c3ccc4c(c3)c3ccccc3n4-c3ncnc4c3oc3ccccc34)c2)c2ccc3oc4ccc(-c5ccc6c7cc(-c8ccc9c(c8)c8ccccc8n9-c8ncnc9c8oc8ccccc89)ccc7n(-c7ccccc7)c6c5)cc4c3c2)cc1. The van der Waals surface area contributed by atoms with Crippen LogP contribution in [0.4, 0.5) is 17.1 Å². The summed E-state index contributed by atoms with van der Waals surface area (Å²) in [5.74, 6) is 1.42. The van der Waals surface area contributed by atoms with E-state index in [1.807, 2.05) is 42.5 Å². The Balaban J connectivity index is 0.652. The fraction of sp³-hybridized carbons (Fsp3) is 0. The minimum atomic E-state index is 0.656. The van der Waals surface area contributed by atoms with Crippen molar-refractivity contribution in [2.24, 2.45) is 0 Å². The number of para-hydroxylation sites is 6. The molecule has 8 aromatic heterocycles. The third-order valence-electron chi connectivity index (χ3n) is 19.7. The predicted octanol–water partition coefficient (Wildman–Crippen LogP) is 22.7. The van der Waals surface area contributed by atoms with Crippen molar-refractivity contribution >= 4 is 149 Å². The van der Waals surface area contributed by atoms with Crippen LogP contribution in [-0.4, -0.2) is 33.6 Å². The average molecular weight is 1240 g/mol. The second-order valence-electron chi connectivity index (χ2n) is 25.0. The topological polar surface area (TPSA) is 109 Å². The molecule has 0 aliphatic rings. The third-order valence-corrected chi connectivity index (χ3v) is 19.7. The molecule has 0 saturated heterocycles. The summed E-state index contributed by atoms with van der Waals surface area (Å²) >= 11 is 0. The van der Waals surface area contributed by atoms with Gasteiger partial charge < -0.3 is 22.7 Å². The molecule has 0 aliphatic heterocycles. The smallest absolute Gasteiger partial charge is 0.197 e. The van der Waals surface area contributed by atoms with Crippen LogP contribution in [0.15, 0.2) is 317 Å². The Labute approximate surface area is 551 Å². The number of rotatable bonds is 9. The lowest BCUT2D eigenvalue weighted by molar-refractivity contribution is 0.662. The second-order valence-corrected chi connectivity index (χ2v) is 25.0. The van der Waals surface area contributed by atoms with E-state index in [4.69, 9.17) is 23.2 Å². The lowest BCUT2D eigenvalue weighted by Gasteiger charge is -2.26. The van der Waals surface area contributed by atoms with Gasteiger partial charge in [0.2, 0.25) is 0 Å². The molecule has 11 heteroatoms. The van der Waals surface area contributed by atoms with E-state index in [-0.39, 0.29) is 0 Å². The van der Waals surface area contributed by atoms with Crippen molar-refractivity contribution in [3.8, 4) is 50.7 Å². The van der Waals surface area contributed by atoms with Crippen molar-refractivity contribution in [2.45, 2.75) is 0 Å². The minimum Gasteiger partial charge on any atom is -0.456 e. The first-order valence-corrected chi connectivity index (χ1v) is 32.5. The molecule has 21 rings (SSSR count). The zero-order valence-electron chi connectivity index (χ0n) is 51.7. The normalized spacial score (nSPS) is 12.1. The molecule has 13 aromatic carbocycles. The fourth-order valence-corrected chi connectivity index (χ4v) is 15.3. The maximum Gasteiger partial charge on any atom is 0.197 e. The van der Waals surface area contributed by atoms with Gasteiger partial charge in [0.15, 0.2) is 22.8 Å². The number of hydrogen-bond acceptors (Lipinski definition) is 8. The van der Waals surface area contributed by atoms with Gasteiger partial charge in [-0.05, 0) is 179 Å². The zero-order chi connectivity index (χ0) is 63.4. The van der Waals surface area contributed by atoms with E-state index in [0.29, 0.717) is 22.8 Å². The van der Waals surface area contributed by atoms with Gasteiger partial charge in [0.25, 0.3) is 0 Å². The van der Waals surface area contributed by atoms with Crippen LogP contribution in [0.25, 0.3) is 182 Å². The van der Waals surface area contributed by atoms with E-state index in [9.17, 15) is 0 Å². The van der Waals surface area contributed by atoms with Gasteiger partial charge in [-0.1, -0.05) is 146 Å². The number of fused-ring (bicyclic) bond motifs is 18. The third kappa shape index (κ3) is 8.03. The highest BCUT2D eigenvalue weighted by atomic mass is 16.3. The molecule has 0 bridgehead atoms. The summed E-state index contributed by atoms with van der Waals surface area (Å²) in [6, 6.07) is 104. The van der Waals surface area contributed by atoms with Gasteiger partial charge in [-0.3, -0.25) is 9.13 Å². The van der Waals surface area contributed by atoms with Crippen LogP contribution < -0.4 is 4.90 Å². The average Bonchev–Trinajstić information content (AvgIpc) is 1.59. The first-order chi connectivity index (χ1) is 48.1. The monoisotopic (exact) mass is 1240 g/mol. The van der Waals surface area contributed by atoms with Crippen LogP contribution in [0.1, 0.15) is 0 Å². The molecule has 0 unspecified atom stereocenters. The van der Waals surface area contributed by atoms with Crippen LogP contribution in [-0.2, 0) is 0 Å². The molecule has 0 aliphatic carbocycles. The highest BCUT2D eigenvalue weighted by Crippen LogP contribution is 2.45. The van der Waals surface area contributed by atoms with Crippen molar-refractivity contribution in [3.63, 3.8) is 0 Å². The Morgan fingerprint density at radius 1 is 0.237 bits per heavy atom. The summed E-state index contributed by atoms with van der Waals surface area (Å²) in [6.07, 6.45) is 3.28. The van der Waals surface area contributed by atoms with Crippen molar-refractivity contribution < 1.29 is 13.3 Å². The van der Waals surface area contributed by atoms with E-state index in [2.05, 4.69) is 277 Å². The highest BCUT2D eigenvalue weighted by Gasteiger charge is 2.25. The summed E-state index contributed by atoms with van der Waals surface area (Å²) in [4.78, 5) is 21.4. The van der Waals surface area contributed by atoms with E-state index >= 15 is 0 Å². The van der Waals surface area contributed by atoms with Gasteiger partial charge in [0.1, 0.15) is 46.0 Å². The Morgan fingerprint density at radius 3 is 1.25 bits per heavy atom. The molecule has 21 aromatic rings. The summed E-state index contributed by atoms with van der Waals surface area (Å²) in [7, 11) is 0. The first kappa shape index (κ1) is 53.2. The summed E-state index contributed by atoms with van der Waals surface area (Å²) < 4.78 is 26.5. The molecule has 0 fully saturated rings. The van der Waals surface area contributed by atoms with Gasteiger partial charge in [-0.15, -0.1) is 0 Å². The quantitative estimate of drug-likeness (QED) is 0.141. The Hall–Kier alpha value is -13.4. The molecule has 11 nitrogen and oxygen atoms in total. The maximum absolute atomic E-state index is 6.68. The largest absolute Gasteiger partial charge is 0.456 e. The Kier molecular flexibility index (Phi) is 11.3. The van der Waals surface area contributed by atoms with E-state index < -0.39 is 0 Å². The minimum absolute atomic E-state index is 0.656. The summed E-state index contributed by atoms with van der Waals surface area (Å²) in [5.41, 5.74) is 23.3. The van der Waals surface area contributed by atoms with Crippen LogP contribution >= 0.6 is 0 Å². The number of anilines is 3. The van der Waals surface area contributed by atoms with Crippen LogP contribution in [0, 0.1) is 0 Å². The molecule has 0 amide bonds. The van der Waals surface area contributed by atoms with Crippen molar-refractivity contribution in [3.05, 3.63) is 304 Å². The van der Waals surface area contributed by atoms with Crippen molar-refractivity contribution in [1.82, 2.24) is 33.6 Å². The second kappa shape index (κ2) is 20.6. The lowest BCUT2D eigenvalue weighted by atomic mass is 9.99. The Morgan fingerprint density at radius 2 is 0.649 bits per heavy atom.